The molecule has 2 aromatic rings. The lowest BCUT2D eigenvalue weighted by Crippen LogP contribution is -2.64. The van der Waals surface area contributed by atoms with Gasteiger partial charge in [-0.25, -0.2) is 9.59 Å². The van der Waals surface area contributed by atoms with Gasteiger partial charge < -0.3 is 27.0 Å². The topological polar surface area (TPSA) is 169 Å². The summed E-state index contributed by atoms with van der Waals surface area (Å²) in [5.74, 6) is 0.531. The summed E-state index contributed by atoms with van der Waals surface area (Å²) in [4.78, 5) is 47.4. The molecule has 1 aromatic carbocycles. The Morgan fingerprint density at radius 1 is 1.08 bits per heavy atom. The molecule has 2 aliphatic rings. The van der Waals surface area contributed by atoms with Crippen LogP contribution in [0.15, 0.2) is 41.3 Å². The lowest BCUT2D eigenvalue weighted by atomic mass is 9.97. The van der Waals surface area contributed by atoms with E-state index in [2.05, 4.69) is 15.2 Å². The Kier molecular flexibility index (Phi) is 8.46. The molecule has 3 heterocycles. The van der Waals surface area contributed by atoms with Gasteiger partial charge in [-0.05, 0) is 76.0 Å². The average molecular weight is 526 g/mol. The molecular weight excluding hydrogens is 486 g/mol. The highest BCUT2D eigenvalue weighted by Crippen LogP contribution is 2.19. The third-order valence-electron chi connectivity index (χ3n) is 7.22. The number of piperazine rings is 1. The number of anilines is 1. The van der Waals surface area contributed by atoms with Gasteiger partial charge in [-0.1, -0.05) is 12.1 Å². The summed E-state index contributed by atoms with van der Waals surface area (Å²) in [6.07, 6.45) is 3.14. The molecule has 12 nitrogen and oxygen atoms in total. The normalized spacial score (nSPS) is 19.4. The zero-order valence-corrected chi connectivity index (χ0v) is 22.2. The van der Waals surface area contributed by atoms with Crippen LogP contribution in [0.25, 0.3) is 5.69 Å². The third kappa shape index (κ3) is 6.57. The van der Waals surface area contributed by atoms with Crippen LogP contribution in [0.3, 0.4) is 0 Å². The van der Waals surface area contributed by atoms with Gasteiger partial charge >= 0.3 is 11.7 Å². The van der Waals surface area contributed by atoms with Crippen molar-refractivity contribution in [3.63, 3.8) is 0 Å². The number of hydrogen-bond donors (Lipinski definition) is 4. The van der Waals surface area contributed by atoms with E-state index < -0.39 is 23.4 Å². The van der Waals surface area contributed by atoms with Crippen LogP contribution in [0.2, 0.25) is 0 Å². The highest BCUT2D eigenvalue weighted by Gasteiger charge is 2.35. The first kappa shape index (κ1) is 27.7. The summed E-state index contributed by atoms with van der Waals surface area (Å²) in [6, 6.07) is 8.91. The second-order valence-corrected chi connectivity index (χ2v) is 10.8. The summed E-state index contributed by atoms with van der Waals surface area (Å²) >= 11 is 0. The summed E-state index contributed by atoms with van der Waals surface area (Å²) in [7, 11) is 0. The van der Waals surface area contributed by atoms with E-state index >= 15 is 0 Å². The quantitative estimate of drug-likeness (QED) is 0.412. The highest BCUT2D eigenvalue weighted by molar-refractivity contribution is 5.89. The second kappa shape index (κ2) is 11.6. The van der Waals surface area contributed by atoms with E-state index in [-0.39, 0.29) is 24.8 Å². The number of rotatable bonds is 6. The van der Waals surface area contributed by atoms with Crippen molar-refractivity contribution >= 4 is 17.8 Å². The largest absolute Gasteiger partial charge is 0.354 e. The van der Waals surface area contributed by atoms with Gasteiger partial charge in [0.05, 0.1) is 23.9 Å². The molecule has 0 bridgehead atoms. The van der Waals surface area contributed by atoms with Crippen LogP contribution in [-0.2, 0) is 11.3 Å². The van der Waals surface area contributed by atoms with Crippen LogP contribution in [0, 0.1) is 5.92 Å². The minimum absolute atomic E-state index is 0.127. The number of benzene rings is 1. The predicted molar refractivity (Wildman–Crippen MR) is 145 cm³/mol. The minimum atomic E-state index is -1.01. The number of piperidine rings is 1. The first-order chi connectivity index (χ1) is 18.0. The number of likely N-dealkylation sites (tertiary alicyclic amines) is 1. The predicted octanol–water partition coefficient (Wildman–Crippen LogP) is 0.101. The molecular formula is C26H39N9O3. The van der Waals surface area contributed by atoms with Gasteiger partial charge in [0.2, 0.25) is 5.91 Å². The van der Waals surface area contributed by atoms with E-state index in [9.17, 15) is 14.4 Å². The Bertz CT molecular complexity index is 1180. The second-order valence-electron chi connectivity index (χ2n) is 10.8. The first-order valence-electron chi connectivity index (χ1n) is 13.1. The molecule has 2 aliphatic heterocycles. The van der Waals surface area contributed by atoms with Gasteiger partial charge in [0, 0.05) is 25.8 Å². The van der Waals surface area contributed by atoms with Gasteiger partial charge in [-0.3, -0.25) is 19.6 Å². The molecule has 206 valence electrons. The van der Waals surface area contributed by atoms with Crippen molar-refractivity contribution in [1.29, 1.82) is 0 Å². The number of nitrogens with two attached hydrogens (primary N) is 3. The number of carbonyl (C=O) groups is 2. The molecule has 4 rings (SSSR count). The van der Waals surface area contributed by atoms with E-state index in [1.165, 1.54) is 15.0 Å². The highest BCUT2D eigenvalue weighted by atomic mass is 16.2. The fourth-order valence-electron chi connectivity index (χ4n) is 4.91. The van der Waals surface area contributed by atoms with Gasteiger partial charge in [0.25, 0.3) is 0 Å². The van der Waals surface area contributed by atoms with Crippen molar-refractivity contribution < 1.29 is 9.59 Å². The van der Waals surface area contributed by atoms with Crippen LogP contribution in [0.4, 0.5) is 10.6 Å². The molecule has 0 unspecified atom stereocenters. The SMILES string of the molecule is CC(C)(N)C(=O)N1CCN(C(=O)Nc2ccn(-c3ccc(CN4CCC(CN)CC4)cc3)c(=O)n2)[C@H](N)C1. The molecule has 2 saturated heterocycles. The summed E-state index contributed by atoms with van der Waals surface area (Å²) < 4.78 is 1.43. The van der Waals surface area contributed by atoms with Crippen LogP contribution >= 0.6 is 0 Å². The van der Waals surface area contributed by atoms with Gasteiger partial charge in [0.15, 0.2) is 0 Å². The molecule has 1 atom stereocenters. The van der Waals surface area contributed by atoms with Gasteiger partial charge in [0.1, 0.15) is 5.82 Å². The van der Waals surface area contributed by atoms with Gasteiger partial charge in [-0.15, -0.1) is 0 Å². The van der Waals surface area contributed by atoms with Crippen molar-refractivity contribution in [2.45, 2.75) is 44.9 Å². The van der Waals surface area contributed by atoms with E-state index in [1.807, 2.05) is 24.3 Å². The number of urea groups is 1. The van der Waals surface area contributed by atoms with Crippen LogP contribution in [0.5, 0.6) is 0 Å². The number of nitrogens with one attached hydrogen (secondary N) is 1. The number of amides is 3. The smallest absolute Gasteiger partial charge is 0.336 e. The molecule has 38 heavy (non-hydrogen) atoms. The minimum Gasteiger partial charge on any atom is -0.336 e. The van der Waals surface area contributed by atoms with E-state index in [0.29, 0.717) is 18.2 Å². The van der Waals surface area contributed by atoms with Crippen LogP contribution < -0.4 is 28.2 Å². The van der Waals surface area contributed by atoms with Crippen LogP contribution in [-0.4, -0.2) is 87.2 Å². The maximum absolute atomic E-state index is 12.8. The first-order valence-corrected chi connectivity index (χ1v) is 13.1. The molecule has 0 spiro atoms. The Morgan fingerprint density at radius 2 is 1.76 bits per heavy atom. The Balaban J connectivity index is 1.34. The third-order valence-corrected chi connectivity index (χ3v) is 7.22. The standard InChI is InChI=1S/C26H39N9O3/c1-26(2,29)23(36)33-13-14-35(21(28)17-33)25(38)31-22-9-12-34(24(37)30-22)20-5-3-19(4-6-20)16-32-10-7-18(15-27)8-11-32/h3-6,9,12,18,21H,7-8,10-11,13-17,27-29H2,1-2H3,(H,30,31,37,38)/t21-/m0/s1. The van der Waals surface area contributed by atoms with Crippen molar-refractivity contribution in [2.24, 2.45) is 23.1 Å². The summed E-state index contributed by atoms with van der Waals surface area (Å²) in [5, 5.41) is 2.64. The number of hydrogen-bond acceptors (Lipinski definition) is 8. The van der Waals surface area contributed by atoms with Crippen molar-refractivity contribution in [2.75, 3.05) is 44.6 Å². The molecule has 2 fully saturated rings. The zero-order valence-electron chi connectivity index (χ0n) is 22.2. The number of nitrogens with zero attached hydrogens (tertiary/aromatic N) is 5. The number of carbonyl (C=O) groups excluding carboxylic acids is 2. The molecule has 0 saturated carbocycles. The Labute approximate surface area is 222 Å². The van der Waals surface area contributed by atoms with Gasteiger partial charge in [-0.2, -0.15) is 4.98 Å². The fraction of sp³-hybridized carbons (Fsp3) is 0.538. The van der Waals surface area contributed by atoms with Crippen molar-refractivity contribution in [3.05, 3.63) is 52.6 Å². The molecule has 7 N–H and O–H groups in total. The molecule has 0 radical (unpaired) electrons. The van der Waals surface area contributed by atoms with Crippen molar-refractivity contribution in [3.8, 4) is 5.69 Å². The van der Waals surface area contributed by atoms with Crippen molar-refractivity contribution in [1.82, 2.24) is 24.3 Å². The van der Waals surface area contributed by atoms with E-state index in [0.717, 1.165) is 39.0 Å². The average Bonchev–Trinajstić information content (AvgIpc) is 2.88. The maximum atomic E-state index is 12.8. The molecule has 0 aliphatic carbocycles. The molecule has 3 amide bonds. The molecule has 1 aromatic heterocycles. The Hall–Kier alpha value is -3.32. The number of aromatic nitrogens is 2. The van der Waals surface area contributed by atoms with E-state index in [4.69, 9.17) is 17.2 Å². The lowest BCUT2D eigenvalue weighted by molar-refractivity contribution is -0.138. The summed E-state index contributed by atoms with van der Waals surface area (Å²) in [5.41, 5.74) is 18.2. The molecule has 12 heteroatoms. The summed E-state index contributed by atoms with van der Waals surface area (Å²) in [6.45, 7) is 7.71. The maximum Gasteiger partial charge on any atom is 0.354 e. The Morgan fingerprint density at radius 3 is 2.34 bits per heavy atom. The fourth-order valence-corrected chi connectivity index (χ4v) is 4.91. The van der Waals surface area contributed by atoms with Crippen LogP contribution in [0.1, 0.15) is 32.3 Å². The monoisotopic (exact) mass is 525 g/mol. The zero-order chi connectivity index (χ0) is 27.4. The van der Waals surface area contributed by atoms with E-state index in [1.54, 1.807) is 31.0 Å². The lowest BCUT2D eigenvalue weighted by Gasteiger charge is -2.41.